The molecule has 0 aromatic carbocycles. The molecule has 35 heavy (non-hydrogen) atoms. The minimum atomic E-state index is -0.762. The van der Waals surface area contributed by atoms with Crippen molar-refractivity contribution in [2.75, 3.05) is 0 Å². The first kappa shape index (κ1) is 32.0. The van der Waals surface area contributed by atoms with E-state index in [1.54, 1.807) is 0 Å². The number of ether oxygens (including phenoxy) is 1. The lowest BCUT2D eigenvalue weighted by Crippen LogP contribution is -2.31. The van der Waals surface area contributed by atoms with Crippen LogP contribution in [0.3, 0.4) is 0 Å². The van der Waals surface area contributed by atoms with Crippen LogP contribution in [0.1, 0.15) is 162 Å². The Morgan fingerprint density at radius 3 is 1.66 bits per heavy atom. The molecular formula is C31H58O4. The molecule has 0 aromatic rings. The predicted octanol–water partition coefficient (Wildman–Crippen LogP) is 9.49. The standard InChI is InChI=1S/C31H58O4/c1-4-5-6-7-10-14-17-23-29(24-18-15-12-9-8-11-13-16-20-26(2)3)35-31(34)28-22-19-21-27(25-28)30(32)33/h26-29H,4-25H2,1-3H3,(H,32,33). The van der Waals surface area contributed by atoms with E-state index in [-0.39, 0.29) is 23.9 Å². The SMILES string of the molecule is CCCCCCCCCC(CCCCCCCCCCC(C)C)OC(=O)C1CCCC(C(=O)O)C1. The fraction of sp³-hybridized carbons (Fsp3) is 0.935. The number of carboxylic acids is 1. The van der Waals surface area contributed by atoms with E-state index in [0.29, 0.717) is 12.8 Å². The Bertz CT molecular complexity index is 530. The van der Waals surface area contributed by atoms with E-state index >= 15 is 0 Å². The van der Waals surface area contributed by atoms with Gasteiger partial charge < -0.3 is 9.84 Å². The zero-order chi connectivity index (χ0) is 25.7. The van der Waals surface area contributed by atoms with Crippen molar-refractivity contribution < 1.29 is 19.4 Å². The van der Waals surface area contributed by atoms with E-state index in [1.807, 2.05) is 0 Å². The van der Waals surface area contributed by atoms with Crippen molar-refractivity contribution in [1.82, 2.24) is 0 Å². The molecule has 0 bridgehead atoms. The third-order valence-corrected chi connectivity index (χ3v) is 7.83. The molecule has 4 nitrogen and oxygen atoms in total. The molecule has 0 spiro atoms. The van der Waals surface area contributed by atoms with Gasteiger partial charge in [0.15, 0.2) is 0 Å². The lowest BCUT2D eigenvalue weighted by atomic mass is 9.81. The maximum absolute atomic E-state index is 12.9. The summed E-state index contributed by atoms with van der Waals surface area (Å²) >= 11 is 0. The van der Waals surface area contributed by atoms with Gasteiger partial charge >= 0.3 is 11.9 Å². The van der Waals surface area contributed by atoms with Crippen LogP contribution >= 0.6 is 0 Å². The van der Waals surface area contributed by atoms with Gasteiger partial charge in [-0.2, -0.15) is 0 Å². The molecule has 1 aliphatic carbocycles. The monoisotopic (exact) mass is 494 g/mol. The molecule has 1 fully saturated rings. The summed E-state index contributed by atoms with van der Waals surface area (Å²) in [6, 6.07) is 0. The normalized spacial score (nSPS) is 19.1. The van der Waals surface area contributed by atoms with E-state index in [9.17, 15) is 14.7 Å². The highest BCUT2D eigenvalue weighted by Crippen LogP contribution is 2.31. The first-order valence-electron chi connectivity index (χ1n) is 15.4. The molecule has 0 heterocycles. The van der Waals surface area contributed by atoms with Crippen LogP contribution in [0.15, 0.2) is 0 Å². The van der Waals surface area contributed by atoms with Gasteiger partial charge in [-0.3, -0.25) is 9.59 Å². The lowest BCUT2D eigenvalue weighted by Gasteiger charge is -2.27. The topological polar surface area (TPSA) is 63.6 Å². The molecule has 0 aromatic heterocycles. The Labute approximate surface area is 217 Å². The molecule has 1 rings (SSSR count). The van der Waals surface area contributed by atoms with Gasteiger partial charge in [-0.05, 0) is 50.9 Å². The number of unbranched alkanes of at least 4 members (excludes halogenated alkanes) is 13. The number of hydrogen-bond donors (Lipinski definition) is 1. The molecular weight excluding hydrogens is 436 g/mol. The summed E-state index contributed by atoms with van der Waals surface area (Å²) in [6.07, 6.45) is 25.3. The van der Waals surface area contributed by atoms with Gasteiger partial charge in [0.05, 0.1) is 11.8 Å². The molecule has 1 aliphatic rings. The maximum atomic E-state index is 12.9. The second-order valence-electron chi connectivity index (χ2n) is 11.7. The number of hydrogen-bond acceptors (Lipinski definition) is 3. The van der Waals surface area contributed by atoms with E-state index in [0.717, 1.165) is 44.4 Å². The number of carboxylic acid groups (broad SMARTS) is 1. The van der Waals surface area contributed by atoms with Crippen molar-refractivity contribution in [3.8, 4) is 0 Å². The van der Waals surface area contributed by atoms with Gasteiger partial charge in [-0.15, -0.1) is 0 Å². The summed E-state index contributed by atoms with van der Waals surface area (Å²) in [5.74, 6) is -0.674. The quantitative estimate of drug-likeness (QED) is 0.120. The zero-order valence-corrected chi connectivity index (χ0v) is 23.5. The largest absolute Gasteiger partial charge is 0.481 e. The van der Waals surface area contributed by atoms with Crippen LogP contribution in [0.25, 0.3) is 0 Å². The number of esters is 1. The van der Waals surface area contributed by atoms with Gasteiger partial charge in [0.1, 0.15) is 6.10 Å². The summed E-state index contributed by atoms with van der Waals surface area (Å²) in [5.41, 5.74) is 0. The lowest BCUT2D eigenvalue weighted by molar-refractivity contribution is -0.158. The summed E-state index contributed by atoms with van der Waals surface area (Å²) < 4.78 is 6.02. The van der Waals surface area contributed by atoms with Crippen LogP contribution in [0.2, 0.25) is 0 Å². The molecule has 0 amide bonds. The molecule has 4 heteroatoms. The molecule has 0 radical (unpaired) electrons. The van der Waals surface area contributed by atoms with Crippen LogP contribution in [-0.4, -0.2) is 23.1 Å². The number of carbonyl (C=O) groups excluding carboxylic acids is 1. The highest BCUT2D eigenvalue weighted by molar-refractivity contribution is 5.75. The fourth-order valence-electron chi connectivity index (χ4n) is 5.47. The van der Waals surface area contributed by atoms with Crippen molar-refractivity contribution in [3.05, 3.63) is 0 Å². The third-order valence-electron chi connectivity index (χ3n) is 7.83. The van der Waals surface area contributed by atoms with Crippen LogP contribution in [0.5, 0.6) is 0 Å². The fourth-order valence-corrected chi connectivity index (χ4v) is 5.47. The highest BCUT2D eigenvalue weighted by Gasteiger charge is 2.32. The molecule has 1 saturated carbocycles. The maximum Gasteiger partial charge on any atom is 0.309 e. The minimum absolute atomic E-state index is 0.0133. The first-order chi connectivity index (χ1) is 16.9. The Kier molecular flexibility index (Phi) is 19.2. The van der Waals surface area contributed by atoms with Crippen molar-refractivity contribution in [3.63, 3.8) is 0 Å². The first-order valence-corrected chi connectivity index (χ1v) is 15.4. The summed E-state index contributed by atoms with van der Waals surface area (Å²) in [7, 11) is 0. The van der Waals surface area contributed by atoms with Gasteiger partial charge in [-0.25, -0.2) is 0 Å². The van der Waals surface area contributed by atoms with Gasteiger partial charge in [0.25, 0.3) is 0 Å². The average Bonchev–Trinajstić information content (AvgIpc) is 2.84. The summed E-state index contributed by atoms with van der Waals surface area (Å²) in [4.78, 5) is 24.3. The second kappa shape index (κ2) is 21.1. The molecule has 0 saturated heterocycles. The van der Waals surface area contributed by atoms with Crippen molar-refractivity contribution in [2.24, 2.45) is 17.8 Å². The molecule has 3 unspecified atom stereocenters. The molecule has 206 valence electrons. The average molecular weight is 495 g/mol. The Morgan fingerprint density at radius 1 is 0.714 bits per heavy atom. The second-order valence-corrected chi connectivity index (χ2v) is 11.7. The van der Waals surface area contributed by atoms with E-state index in [2.05, 4.69) is 20.8 Å². The molecule has 3 atom stereocenters. The minimum Gasteiger partial charge on any atom is -0.481 e. The van der Waals surface area contributed by atoms with Crippen LogP contribution in [-0.2, 0) is 14.3 Å². The number of carbonyl (C=O) groups is 2. The Morgan fingerprint density at radius 2 is 1.17 bits per heavy atom. The van der Waals surface area contributed by atoms with Crippen LogP contribution < -0.4 is 0 Å². The van der Waals surface area contributed by atoms with E-state index in [4.69, 9.17) is 4.74 Å². The summed E-state index contributed by atoms with van der Waals surface area (Å²) in [6.45, 7) is 6.86. The van der Waals surface area contributed by atoms with Gasteiger partial charge in [0, 0.05) is 0 Å². The number of rotatable bonds is 22. The van der Waals surface area contributed by atoms with E-state index in [1.165, 1.54) is 89.9 Å². The molecule has 0 aliphatic heterocycles. The van der Waals surface area contributed by atoms with Gasteiger partial charge in [-0.1, -0.05) is 117 Å². The van der Waals surface area contributed by atoms with Crippen molar-refractivity contribution in [2.45, 2.75) is 168 Å². The summed E-state index contributed by atoms with van der Waals surface area (Å²) in [5, 5.41) is 9.36. The molecule has 1 N–H and O–H groups in total. The van der Waals surface area contributed by atoms with Crippen LogP contribution in [0, 0.1) is 17.8 Å². The third kappa shape index (κ3) is 17.1. The van der Waals surface area contributed by atoms with Gasteiger partial charge in [0.2, 0.25) is 0 Å². The van der Waals surface area contributed by atoms with E-state index < -0.39 is 5.97 Å². The van der Waals surface area contributed by atoms with Crippen molar-refractivity contribution in [1.29, 1.82) is 0 Å². The van der Waals surface area contributed by atoms with Crippen molar-refractivity contribution >= 4 is 11.9 Å². The Balaban J connectivity index is 2.32. The Hall–Kier alpha value is -1.06. The zero-order valence-electron chi connectivity index (χ0n) is 23.5. The smallest absolute Gasteiger partial charge is 0.309 e. The predicted molar refractivity (Wildman–Crippen MR) is 147 cm³/mol. The highest BCUT2D eigenvalue weighted by atomic mass is 16.5. The number of aliphatic carboxylic acids is 1. The van der Waals surface area contributed by atoms with Crippen LogP contribution in [0.4, 0.5) is 0 Å².